The van der Waals surface area contributed by atoms with E-state index in [4.69, 9.17) is 0 Å². The van der Waals surface area contributed by atoms with Crippen molar-refractivity contribution in [2.45, 2.75) is 39.0 Å². The molecule has 0 spiro atoms. The molecule has 1 unspecified atom stereocenters. The van der Waals surface area contributed by atoms with Gasteiger partial charge in [0.15, 0.2) is 0 Å². The van der Waals surface area contributed by atoms with E-state index in [-0.39, 0.29) is 11.7 Å². The van der Waals surface area contributed by atoms with Crippen molar-refractivity contribution in [3.8, 4) is 11.5 Å². The maximum atomic E-state index is 10.2. The Kier molecular flexibility index (Phi) is 4.43. The highest BCUT2D eigenvalue weighted by molar-refractivity contribution is 5.84. The van der Waals surface area contributed by atoms with Gasteiger partial charge < -0.3 is 10.2 Å². The number of phenols is 2. The van der Waals surface area contributed by atoms with E-state index in [9.17, 15) is 10.2 Å². The Morgan fingerprint density at radius 1 is 0.917 bits per heavy atom. The van der Waals surface area contributed by atoms with Crippen LogP contribution in [0.15, 0.2) is 48.5 Å². The number of hydrogen-bond acceptors (Lipinski definition) is 3. The van der Waals surface area contributed by atoms with E-state index in [2.05, 4.69) is 31.8 Å². The molecule has 0 fully saturated rings. The van der Waals surface area contributed by atoms with E-state index in [0.29, 0.717) is 17.2 Å². The summed E-state index contributed by atoms with van der Waals surface area (Å²) in [5.41, 5.74) is 3.64. The lowest BCUT2D eigenvalue weighted by Crippen LogP contribution is -2.02. The summed E-state index contributed by atoms with van der Waals surface area (Å²) in [4.78, 5) is 4.63. The standard InChI is InChI=1S/C21H23NO2/c1-13(2)17-9-7-15(12-20(17)24)11-14(3)18-10-8-16-5-4-6-19(23)21(16)22-18/h4-10,12-14,23-24H,11H2,1-3H3. The second-order valence-electron chi connectivity index (χ2n) is 6.74. The number of hydrogen-bond donors (Lipinski definition) is 2. The van der Waals surface area contributed by atoms with Crippen LogP contribution in [0, 0.1) is 0 Å². The van der Waals surface area contributed by atoms with Crippen molar-refractivity contribution in [2.75, 3.05) is 0 Å². The summed E-state index contributed by atoms with van der Waals surface area (Å²) in [5.74, 6) is 1.07. The number of para-hydroxylation sites is 1. The van der Waals surface area contributed by atoms with E-state index in [0.717, 1.165) is 28.6 Å². The van der Waals surface area contributed by atoms with Crippen molar-refractivity contribution in [3.63, 3.8) is 0 Å². The van der Waals surface area contributed by atoms with Crippen LogP contribution in [-0.2, 0) is 6.42 Å². The lowest BCUT2D eigenvalue weighted by molar-refractivity contribution is 0.463. The largest absolute Gasteiger partial charge is 0.508 e. The van der Waals surface area contributed by atoms with Gasteiger partial charge in [0.25, 0.3) is 0 Å². The summed E-state index contributed by atoms with van der Waals surface area (Å²) in [6, 6.07) is 15.4. The lowest BCUT2D eigenvalue weighted by Gasteiger charge is -2.14. The van der Waals surface area contributed by atoms with Gasteiger partial charge >= 0.3 is 0 Å². The highest BCUT2D eigenvalue weighted by Gasteiger charge is 2.12. The maximum absolute atomic E-state index is 10.2. The fraction of sp³-hybridized carbons (Fsp3) is 0.286. The van der Waals surface area contributed by atoms with Crippen molar-refractivity contribution in [2.24, 2.45) is 0 Å². The van der Waals surface area contributed by atoms with Gasteiger partial charge in [-0.05, 0) is 41.7 Å². The number of rotatable bonds is 4. The van der Waals surface area contributed by atoms with E-state index < -0.39 is 0 Å². The molecule has 3 aromatic rings. The van der Waals surface area contributed by atoms with Gasteiger partial charge in [0.2, 0.25) is 0 Å². The highest BCUT2D eigenvalue weighted by atomic mass is 16.3. The zero-order valence-electron chi connectivity index (χ0n) is 14.3. The second-order valence-corrected chi connectivity index (χ2v) is 6.74. The van der Waals surface area contributed by atoms with E-state index >= 15 is 0 Å². The molecule has 0 saturated carbocycles. The van der Waals surface area contributed by atoms with Crippen LogP contribution in [-0.4, -0.2) is 15.2 Å². The molecule has 0 aliphatic heterocycles. The molecule has 1 aromatic heterocycles. The summed E-state index contributed by atoms with van der Waals surface area (Å²) < 4.78 is 0. The smallest absolute Gasteiger partial charge is 0.141 e. The molecule has 0 radical (unpaired) electrons. The third-order valence-electron chi connectivity index (χ3n) is 4.48. The van der Waals surface area contributed by atoms with Crippen molar-refractivity contribution < 1.29 is 10.2 Å². The molecule has 1 atom stereocenters. The Morgan fingerprint density at radius 3 is 2.42 bits per heavy atom. The summed E-state index contributed by atoms with van der Waals surface area (Å²) in [6.07, 6.45) is 0.790. The van der Waals surface area contributed by atoms with Gasteiger partial charge in [-0.15, -0.1) is 0 Å². The molecular formula is C21H23NO2. The molecule has 0 aliphatic rings. The number of pyridine rings is 1. The zero-order valence-corrected chi connectivity index (χ0v) is 14.3. The van der Waals surface area contributed by atoms with Gasteiger partial charge in [-0.25, -0.2) is 4.98 Å². The maximum Gasteiger partial charge on any atom is 0.141 e. The van der Waals surface area contributed by atoms with Crippen LogP contribution in [0.5, 0.6) is 11.5 Å². The van der Waals surface area contributed by atoms with E-state index in [1.165, 1.54) is 0 Å². The topological polar surface area (TPSA) is 53.4 Å². The molecule has 3 heteroatoms. The Bertz CT molecular complexity index is 871. The Morgan fingerprint density at radius 2 is 1.71 bits per heavy atom. The van der Waals surface area contributed by atoms with Gasteiger partial charge in [0.1, 0.15) is 17.0 Å². The highest BCUT2D eigenvalue weighted by Crippen LogP contribution is 2.30. The molecule has 2 aromatic carbocycles. The fourth-order valence-corrected chi connectivity index (χ4v) is 3.08. The number of fused-ring (bicyclic) bond motifs is 1. The number of benzene rings is 2. The van der Waals surface area contributed by atoms with Gasteiger partial charge in [0, 0.05) is 17.0 Å². The van der Waals surface area contributed by atoms with Crippen LogP contribution in [0.2, 0.25) is 0 Å². The van der Waals surface area contributed by atoms with Crippen molar-refractivity contribution in [3.05, 3.63) is 65.4 Å². The predicted octanol–water partition coefficient (Wildman–Crippen LogP) is 5.12. The lowest BCUT2D eigenvalue weighted by atomic mass is 9.94. The average molecular weight is 321 g/mol. The van der Waals surface area contributed by atoms with Crippen LogP contribution in [0.4, 0.5) is 0 Å². The summed E-state index contributed by atoms with van der Waals surface area (Å²) in [6.45, 7) is 6.26. The van der Waals surface area contributed by atoms with Crippen LogP contribution in [0.25, 0.3) is 10.9 Å². The van der Waals surface area contributed by atoms with Crippen LogP contribution >= 0.6 is 0 Å². The first-order valence-electron chi connectivity index (χ1n) is 8.36. The summed E-state index contributed by atoms with van der Waals surface area (Å²) in [5, 5.41) is 21.1. The van der Waals surface area contributed by atoms with Crippen molar-refractivity contribution >= 4 is 10.9 Å². The predicted molar refractivity (Wildman–Crippen MR) is 97.7 cm³/mol. The molecule has 0 bridgehead atoms. The quantitative estimate of drug-likeness (QED) is 0.701. The Balaban J connectivity index is 1.86. The molecule has 3 rings (SSSR count). The molecule has 3 nitrogen and oxygen atoms in total. The molecular weight excluding hydrogens is 298 g/mol. The van der Waals surface area contributed by atoms with Gasteiger partial charge in [-0.3, -0.25) is 0 Å². The van der Waals surface area contributed by atoms with Crippen molar-refractivity contribution in [1.82, 2.24) is 4.98 Å². The fourth-order valence-electron chi connectivity index (χ4n) is 3.08. The summed E-state index contributed by atoms with van der Waals surface area (Å²) >= 11 is 0. The van der Waals surface area contributed by atoms with Gasteiger partial charge in [-0.1, -0.05) is 51.1 Å². The minimum Gasteiger partial charge on any atom is -0.508 e. The molecule has 24 heavy (non-hydrogen) atoms. The number of phenolic OH excluding ortho intramolecular Hbond substituents is 2. The SMILES string of the molecule is CC(C)c1ccc(CC(C)c2ccc3cccc(O)c3n2)cc1O. The molecule has 0 amide bonds. The molecule has 2 N–H and O–H groups in total. The Labute approximate surface area is 142 Å². The monoisotopic (exact) mass is 321 g/mol. The van der Waals surface area contributed by atoms with Crippen LogP contribution in [0.3, 0.4) is 0 Å². The zero-order chi connectivity index (χ0) is 17.3. The molecule has 0 aliphatic carbocycles. The van der Waals surface area contributed by atoms with Crippen molar-refractivity contribution in [1.29, 1.82) is 0 Å². The van der Waals surface area contributed by atoms with Gasteiger partial charge in [0.05, 0.1) is 0 Å². The third-order valence-corrected chi connectivity index (χ3v) is 4.48. The number of aromatic hydroxyl groups is 2. The second kappa shape index (κ2) is 6.52. The third kappa shape index (κ3) is 3.21. The minimum absolute atomic E-state index is 0.193. The van der Waals surface area contributed by atoms with Gasteiger partial charge in [-0.2, -0.15) is 0 Å². The first kappa shape index (κ1) is 16.3. The van der Waals surface area contributed by atoms with Crippen LogP contribution < -0.4 is 0 Å². The van der Waals surface area contributed by atoms with Crippen LogP contribution in [0.1, 0.15) is 49.4 Å². The van der Waals surface area contributed by atoms with E-state index in [1.807, 2.05) is 36.4 Å². The average Bonchev–Trinajstić information content (AvgIpc) is 2.54. The molecule has 0 saturated heterocycles. The summed E-state index contributed by atoms with van der Waals surface area (Å²) in [7, 11) is 0. The van der Waals surface area contributed by atoms with E-state index in [1.54, 1.807) is 6.07 Å². The minimum atomic E-state index is 0.193. The molecule has 1 heterocycles. The molecule has 124 valence electrons. The Hall–Kier alpha value is -2.55. The number of aromatic nitrogens is 1. The first-order chi connectivity index (χ1) is 11.5. The normalized spacial score (nSPS) is 12.7. The number of nitrogens with zero attached hydrogens (tertiary/aromatic N) is 1. The first-order valence-corrected chi connectivity index (χ1v) is 8.36.